The first-order valence-electron chi connectivity index (χ1n) is 7.49. The molecule has 0 aliphatic heterocycles. The average Bonchev–Trinajstić information content (AvgIpc) is 3.05. The van der Waals surface area contributed by atoms with Crippen LogP contribution in [0.1, 0.15) is 19.4 Å². The highest BCUT2D eigenvalue weighted by Gasteiger charge is 2.10. The van der Waals surface area contributed by atoms with E-state index >= 15 is 0 Å². The fraction of sp³-hybridized carbons (Fsp3) is 0.167. The van der Waals surface area contributed by atoms with Crippen LogP contribution in [0.4, 0.5) is 10.8 Å². The molecule has 3 aromatic rings. The Morgan fingerprint density at radius 1 is 1.29 bits per heavy atom. The summed E-state index contributed by atoms with van der Waals surface area (Å²) in [7, 11) is 0. The normalized spacial score (nSPS) is 10.4. The summed E-state index contributed by atoms with van der Waals surface area (Å²) in [6.45, 7) is 3.93. The molecule has 0 spiro atoms. The van der Waals surface area contributed by atoms with Gasteiger partial charge in [0.05, 0.1) is 29.1 Å². The van der Waals surface area contributed by atoms with Gasteiger partial charge in [-0.25, -0.2) is 4.98 Å². The third-order valence-electron chi connectivity index (χ3n) is 3.17. The quantitative estimate of drug-likeness (QED) is 0.737. The van der Waals surface area contributed by atoms with Crippen LogP contribution in [-0.2, 0) is 0 Å². The van der Waals surface area contributed by atoms with Crippen molar-refractivity contribution in [3.05, 3.63) is 53.7 Å². The highest BCUT2D eigenvalue weighted by Crippen LogP contribution is 2.32. The van der Waals surface area contributed by atoms with Gasteiger partial charge in [-0.05, 0) is 44.2 Å². The number of hydrogen-bond acceptors (Lipinski definition) is 6. The molecule has 3 rings (SSSR count). The molecule has 120 valence electrons. The zero-order valence-electron chi connectivity index (χ0n) is 13.4. The molecule has 0 bridgehead atoms. The number of ether oxygens (including phenoxy) is 1. The third kappa shape index (κ3) is 3.70. The number of anilines is 2. The summed E-state index contributed by atoms with van der Waals surface area (Å²) in [4.78, 5) is 8.69. The van der Waals surface area contributed by atoms with E-state index in [1.54, 1.807) is 30.6 Å². The van der Waals surface area contributed by atoms with Crippen LogP contribution in [0.5, 0.6) is 5.75 Å². The summed E-state index contributed by atoms with van der Waals surface area (Å²) in [6.07, 6.45) is 3.56. The van der Waals surface area contributed by atoms with Crippen LogP contribution >= 0.6 is 11.3 Å². The topological polar surface area (TPSA) is 70.8 Å². The maximum atomic E-state index is 9.12. The largest absolute Gasteiger partial charge is 0.489 e. The van der Waals surface area contributed by atoms with Gasteiger partial charge in [0.25, 0.3) is 0 Å². The Morgan fingerprint density at radius 2 is 2.17 bits per heavy atom. The van der Waals surface area contributed by atoms with E-state index in [-0.39, 0.29) is 6.10 Å². The highest BCUT2D eigenvalue weighted by atomic mass is 32.1. The number of aromatic nitrogens is 2. The minimum absolute atomic E-state index is 0.0423. The number of rotatable bonds is 5. The van der Waals surface area contributed by atoms with Crippen molar-refractivity contribution in [3.8, 4) is 23.1 Å². The molecule has 0 aliphatic rings. The number of pyridine rings is 1. The van der Waals surface area contributed by atoms with Crippen LogP contribution in [0.2, 0.25) is 0 Å². The van der Waals surface area contributed by atoms with Crippen LogP contribution in [-0.4, -0.2) is 16.1 Å². The van der Waals surface area contributed by atoms with Gasteiger partial charge in [-0.1, -0.05) is 0 Å². The van der Waals surface area contributed by atoms with E-state index in [0.717, 1.165) is 22.1 Å². The summed E-state index contributed by atoms with van der Waals surface area (Å²) in [5, 5.41) is 15.1. The smallest absolute Gasteiger partial charge is 0.187 e. The standard InChI is InChI=1S/C18H16N4OS/c1-12(2)23-17-6-5-13(9-19)8-15(17)21-18-22-16(11-24-18)14-4-3-7-20-10-14/h3-8,10-12H,1-2H3,(H,21,22). The lowest BCUT2D eigenvalue weighted by atomic mass is 10.2. The first-order valence-corrected chi connectivity index (χ1v) is 8.37. The van der Waals surface area contributed by atoms with E-state index in [1.807, 2.05) is 31.4 Å². The van der Waals surface area contributed by atoms with E-state index in [0.29, 0.717) is 11.3 Å². The van der Waals surface area contributed by atoms with Crippen molar-refractivity contribution in [1.29, 1.82) is 5.26 Å². The Hall–Kier alpha value is -2.91. The Kier molecular flexibility index (Phi) is 4.73. The molecule has 0 saturated heterocycles. The van der Waals surface area contributed by atoms with Crippen molar-refractivity contribution in [2.75, 3.05) is 5.32 Å². The van der Waals surface area contributed by atoms with Crippen molar-refractivity contribution < 1.29 is 4.74 Å². The van der Waals surface area contributed by atoms with Crippen LogP contribution in [0.25, 0.3) is 11.3 Å². The second-order valence-electron chi connectivity index (χ2n) is 5.39. The molecule has 0 radical (unpaired) electrons. The van der Waals surface area contributed by atoms with Gasteiger partial charge in [-0.15, -0.1) is 11.3 Å². The van der Waals surface area contributed by atoms with Crippen molar-refractivity contribution in [1.82, 2.24) is 9.97 Å². The molecule has 5 nitrogen and oxygen atoms in total. The molecule has 2 aromatic heterocycles. The van der Waals surface area contributed by atoms with Gasteiger partial charge >= 0.3 is 0 Å². The fourth-order valence-corrected chi connectivity index (χ4v) is 2.88. The molecule has 1 N–H and O–H groups in total. The minimum atomic E-state index is 0.0423. The van der Waals surface area contributed by atoms with E-state index in [9.17, 15) is 0 Å². The Labute approximate surface area is 144 Å². The summed E-state index contributed by atoms with van der Waals surface area (Å²) >= 11 is 1.49. The van der Waals surface area contributed by atoms with Gasteiger partial charge in [0.2, 0.25) is 0 Å². The molecule has 0 unspecified atom stereocenters. The summed E-state index contributed by atoms with van der Waals surface area (Å²) < 4.78 is 5.80. The molecule has 0 atom stereocenters. The first kappa shape index (κ1) is 16.0. The monoisotopic (exact) mass is 336 g/mol. The lowest BCUT2D eigenvalue weighted by Gasteiger charge is -2.14. The van der Waals surface area contributed by atoms with E-state index < -0.39 is 0 Å². The molecule has 1 aromatic carbocycles. The summed E-state index contributed by atoms with van der Waals surface area (Å²) in [5.41, 5.74) is 3.12. The zero-order valence-corrected chi connectivity index (χ0v) is 14.2. The average molecular weight is 336 g/mol. The third-order valence-corrected chi connectivity index (χ3v) is 3.93. The molecule has 0 saturated carbocycles. The summed E-state index contributed by atoms with van der Waals surface area (Å²) in [5.74, 6) is 0.696. The first-order chi connectivity index (χ1) is 11.7. The number of thiazole rings is 1. The Balaban J connectivity index is 1.88. The lowest BCUT2D eigenvalue weighted by Crippen LogP contribution is -2.07. The van der Waals surface area contributed by atoms with Gasteiger partial charge in [0, 0.05) is 23.3 Å². The second-order valence-corrected chi connectivity index (χ2v) is 6.25. The predicted octanol–water partition coefficient (Wildman–Crippen LogP) is 4.61. The summed E-state index contributed by atoms with van der Waals surface area (Å²) in [6, 6.07) is 11.3. The lowest BCUT2D eigenvalue weighted by molar-refractivity contribution is 0.244. The molecule has 0 fully saturated rings. The van der Waals surface area contributed by atoms with Crippen molar-refractivity contribution in [2.45, 2.75) is 20.0 Å². The molecule has 2 heterocycles. The number of benzene rings is 1. The maximum Gasteiger partial charge on any atom is 0.187 e. The molecular formula is C18H16N4OS. The van der Waals surface area contributed by atoms with Gasteiger partial charge in [0.1, 0.15) is 5.75 Å². The van der Waals surface area contributed by atoms with Crippen LogP contribution in [0.15, 0.2) is 48.1 Å². The van der Waals surface area contributed by atoms with E-state index in [4.69, 9.17) is 10.00 Å². The SMILES string of the molecule is CC(C)Oc1ccc(C#N)cc1Nc1nc(-c2cccnc2)cs1. The Bertz CT molecular complexity index is 868. The molecular weight excluding hydrogens is 320 g/mol. The fourth-order valence-electron chi connectivity index (χ4n) is 2.15. The van der Waals surface area contributed by atoms with Gasteiger partial charge in [-0.3, -0.25) is 4.98 Å². The van der Waals surface area contributed by atoms with Crippen molar-refractivity contribution >= 4 is 22.2 Å². The predicted molar refractivity (Wildman–Crippen MR) is 95.5 cm³/mol. The van der Waals surface area contributed by atoms with Gasteiger partial charge in [-0.2, -0.15) is 5.26 Å². The van der Waals surface area contributed by atoms with Gasteiger partial charge < -0.3 is 10.1 Å². The van der Waals surface area contributed by atoms with Crippen LogP contribution in [0, 0.1) is 11.3 Å². The Morgan fingerprint density at radius 3 is 2.88 bits per heavy atom. The molecule has 6 heteroatoms. The van der Waals surface area contributed by atoms with Gasteiger partial charge in [0.15, 0.2) is 5.13 Å². The number of nitriles is 1. The minimum Gasteiger partial charge on any atom is -0.489 e. The maximum absolute atomic E-state index is 9.12. The van der Waals surface area contributed by atoms with Crippen LogP contribution in [0.3, 0.4) is 0 Å². The second kappa shape index (κ2) is 7.11. The van der Waals surface area contributed by atoms with Crippen LogP contribution < -0.4 is 10.1 Å². The molecule has 0 amide bonds. The number of hydrogen-bond donors (Lipinski definition) is 1. The zero-order chi connectivity index (χ0) is 16.9. The highest BCUT2D eigenvalue weighted by molar-refractivity contribution is 7.14. The van der Waals surface area contributed by atoms with E-state index in [2.05, 4.69) is 21.4 Å². The van der Waals surface area contributed by atoms with Crippen molar-refractivity contribution in [2.24, 2.45) is 0 Å². The van der Waals surface area contributed by atoms with Crippen molar-refractivity contribution in [3.63, 3.8) is 0 Å². The molecule has 24 heavy (non-hydrogen) atoms. The molecule has 0 aliphatic carbocycles. The number of nitrogens with zero attached hydrogens (tertiary/aromatic N) is 3. The number of nitrogens with one attached hydrogen (secondary N) is 1. The van der Waals surface area contributed by atoms with E-state index in [1.165, 1.54) is 11.3 Å².